The Morgan fingerprint density at radius 1 is 1.20 bits per heavy atom. The maximum absolute atomic E-state index is 13.6. The van der Waals surface area contributed by atoms with Crippen LogP contribution in [0.2, 0.25) is 0 Å². The molecule has 180 valence electrons. The zero-order valence-electron chi connectivity index (χ0n) is 19.8. The predicted molar refractivity (Wildman–Crippen MR) is 136 cm³/mol. The fourth-order valence-corrected chi connectivity index (χ4v) is 4.94. The van der Waals surface area contributed by atoms with E-state index in [1.54, 1.807) is 37.7 Å². The van der Waals surface area contributed by atoms with Crippen LogP contribution in [0.5, 0.6) is 11.5 Å². The van der Waals surface area contributed by atoms with Gasteiger partial charge in [0, 0.05) is 0 Å². The second kappa shape index (κ2) is 10.6. The normalized spacial score (nSPS) is 15.3. The number of carbonyl (C=O) groups excluding carboxylic acids is 1. The van der Waals surface area contributed by atoms with Crippen LogP contribution in [0, 0.1) is 0 Å². The van der Waals surface area contributed by atoms with Crippen LogP contribution in [0.25, 0.3) is 6.08 Å². The van der Waals surface area contributed by atoms with E-state index in [4.69, 9.17) is 14.2 Å². The summed E-state index contributed by atoms with van der Waals surface area (Å²) in [6.45, 7) is 7.77. The van der Waals surface area contributed by atoms with Crippen LogP contribution in [0.1, 0.15) is 31.0 Å². The molecule has 0 aliphatic carbocycles. The van der Waals surface area contributed by atoms with Crippen LogP contribution in [0.3, 0.4) is 0 Å². The number of benzene rings is 2. The van der Waals surface area contributed by atoms with Crippen molar-refractivity contribution in [3.8, 4) is 11.5 Å². The molecular formula is C27H26N2O5S. The highest BCUT2D eigenvalue weighted by molar-refractivity contribution is 7.07. The summed E-state index contributed by atoms with van der Waals surface area (Å²) in [6.07, 6.45) is 3.47. The summed E-state index contributed by atoms with van der Waals surface area (Å²) >= 11 is 1.28. The lowest BCUT2D eigenvalue weighted by molar-refractivity contribution is -0.139. The number of thiazole rings is 1. The highest BCUT2D eigenvalue weighted by Crippen LogP contribution is 2.31. The van der Waals surface area contributed by atoms with Gasteiger partial charge in [-0.05, 0) is 55.3 Å². The number of rotatable bonds is 8. The number of nitrogens with zero attached hydrogens (tertiary/aromatic N) is 2. The van der Waals surface area contributed by atoms with E-state index < -0.39 is 12.0 Å². The predicted octanol–water partition coefficient (Wildman–Crippen LogP) is 3.37. The van der Waals surface area contributed by atoms with Crippen molar-refractivity contribution in [1.82, 2.24) is 4.57 Å². The van der Waals surface area contributed by atoms with Gasteiger partial charge in [-0.15, -0.1) is 0 Å². The van der Waals surface area contributed by atoms with Gasteiger partial charge in [-0.3, -0.25) is 9.36 Å². The maximum Gasteiger partial charge on any atom is 0.338 e. The smallest absolute Gasteiger partial charge is 0.338 e. The molecule has 0 saturated heterocycles. The highest BCUT2D eigenvalue weighted by atomic mass is 32.1. The number of methoxy groups -OCH3 is 1. The highest BCUT2D eigenvalue weighted by Gasteiger charge is 2.33. The van der Waals surface area contributed by atoms with Crippen LogP contribution in [0.4, 0.5) is 0 Å². The molecule has 1 atom stereocenters. The van der Waals surface area contributed by atoms with Gasteiger partial charge in [0.2, 0.25) is 0 Å². The van der Waals surface area contributed by atoms with Gasteiger partial charge >= 0.3 is 5.97 Å². The minimum Gasteiger partial charge on any atom is -0.497 e. The Kier molecular flexibility index (Phi) is 7.31. The number of aromatic nitrogens is 1. The van der Waals surface area contributed by atoms with E-state index in [0.29, 0.717) is 38.7 Å². The largest absolute Gasteiger partial charge is 0.497 e. The topological polar surface area (TPSA) is 79.1 Å². The van der Waals surface area contributed by atoms with E-state index in [9.17, 15) is 9.59 Å². The average molecular weight is 491 g/mol. The van der Waals surface area contributed by atoms with Crippen molar-refractivity contribution >= 4 is 23.4 Å². The molecule has 2 aromatic carbocycles. The number of carbonyl (C=O) groups is 1. The third-order valence-corrected chi connectivity index (χ3v) is 6.46. The molecule has 4 rings (SSSR count). The van der Waals surface area contributed by atoms with Crippen LogP contribution in [0.15, 0.2) is 82.2 Å². The molecule has 0 amide bonds. The number of hydrogen-bond donors (Lipinski definition) is 0. The molecule has 0 bridgehead atoms. The summed E-state index contributed by atoms with van der Waals surface area (Å²) in [5.41, 5.74) is 2.21. The number of hydrogen-bond acceptors (Lipinski definition) is 7. The first-order valence-electron chi connectivity index (χ1n) is 11.1. The molecule has 3 aromatic rings. The third-order valence-electron chi connectivity index (χ3n) is 5.47. The molecule has 0 spiro atoms. The lowest BCUT2D eigenvalue weighted by Crippen LogP contribution is -2.39. The average Bonchev–Trinajstić information content (AvgIpc) is 3.16. The Morgan fingerprint density at radius 2 is 1.97 bits per heavy atom. The first kappa shape index (κ1) is 24.2. The standard InChI is InChI=1S/C27H26N2O5S/c1-5-14-34-20-12-10-19(11-13-20)24-23(26(31)33-6-2)17(3)28-27-29(24)25(30)22(35-27)16-18-8-7-9-21(15-18)32-4/h5,7-13,15-16,24H,1,6,14H2,2-4H3. The molecule has 0 saturated carbocycles. The molecule has 0 radical (unpaired) electrons. The van der Waals surface area contributed by atoms with Crippen molar-refractivity contribution < 1.29 is 19.0 Å². The molecule has 35 heavy (non-hydrogen) atoms. The Morgan fingerprint density at radius 3 is 2.66 bits per heavy atom. The van der Waals surface area contributed by atoms with Crippen molar-refractivity contribution in [3.05, 3.63) is 103 Å². The molecule has 1 unspecified atom stereocenters. The van der Waals surface area contributed by atoms with Crippen molar-refractivity contribution in [2.45, 2.75) is 19.9 Å². The van der Waals surface area contributed by atoms with E-state index in [2.05, 4.69) is 11.6 Å². The lowest BCUT2D eigenvalue weighted by atomic mass is 9.96. The first-order chi connectivity index (χ1) is 17.0. The molecule has 1 aliphatic heterocycles. The molecule has 8 heteroatoms. The summed E-state index contributed by atoms with van der Waals surface area (Å²) in [5, 5.41) is 0. The SMILES string of the molecule is C=CCOc1ccc(C2C(C(=O)OCC)=C(C)N=c3sc(=Cc4cccc(OC)c4)c(=O)n32)cc1. The monoisotopic (exact) mass is 490 g/mol. The molecule has 0 N–H and O–H groups in total. The van der Waals surface area contributed by atoms with Crippen molar-refractivity contribution in [2.75, 3.05) is 20.3 Å². The molecule has 2 heterocycles. The Labute approximate surface area is 206 Å². The molecule has 7 nitrogen and oxygen atoms in total. The van der Waals surface area contributed by atoms with Gasteiger partial charge in [0.25, 0.3) is 5.56 Å². The van der Waals surface area contributed by atoms with Crippen LogP contribution in [-0.4, -0.2) is 30.9 Å². The van der Waals surface area contributed by atoms with Crippen molar-refractivity contribution in [2.24, 2.45) is 4.99 Å². The summed E-state index contributed by atoms with van der Waals surface area (Å²) in [4.78, 5) is 31.7. The molecule has 1 aliphatic rings. The Bertz CT molecular complexity index is 1460. The lowest BCUT2D eigenvalue weighted by Gasteiger charge is -2.24. The number of esters is 1. The fraction of sp³-hybridized carbons (Fsp3) is 0.222. The Balaban J connectivity index is 1.88. The summed E-state index contributed by atoms with van der Waals surface area (Å²) in [5.74, 6) is 0.869. The second-order valence-corrected chi connectivity index (χ2v) is 8.76. The number of fused-ring (bicyclic) bond motifs is 1. The van der Waals surface area contributed by atoms with Crippen molar-refractivity contribution in [3.63, 3.8) is 0 Å². The summed E-state index contributed by atoms with van der Waals surface area (Å²) in [6, 6.07) is 14.1. The second-order valence-electron chi connectivity index (χ2n) is 7.75. The minimum atomic E-state index is -0.675. The van der Waals surface area contributed by atoms with Crippen LogP contribution in [-0.2, 0) is 9.53 Å². The van der Waals surface area contributed by atoms with Crippen molar-refractivity contribution in [1.29, 1.82) is 0 Å². The van der Waals surface area contributed by atoms with Gasteiger partial charge in [-0.25, -0.2) is 9.79 Å². The van der Waals surface area contributed by atoms with Gasteiger partial charge in [-0.2, -0.15) is 0 Å². The quantitative estimate of drug-likeness (QED) is 0.357. The third kappa shape index (κ3) is 4.97. The molecule has 0 fully saturated rings. The van der Waals surface area contributed by atoms with Gasteiger partial charge < -0.3 is 14.2 Å². The van der Waals surface area contributed by atoms with E-state index in [1.807, 2.05) is 48.5 Å². The summed E-state index contributed by atoms with van der Waals surface area (Å²) < 4.78 is 18.3. The molecule has 1 aromatic heterocycles. The maximum atomic E-state index is 13.6. The molecular weight excluding hydrogens is 464 g/mol. The zero-order chi connectivity index (χ0) is 24.9. The van der Waals surface area contributed by atoms with Gasteiger partial charge in [0.1, 0.15) is 18.1 Å². The first-order valence-corrected chi connectivity index (χ1v) is 12.0. The van der Waals surface area contributed by atoms with Crippen LogP contribution < -0.4 is 24.4 Å². The van der Waals surface area contributed by atoms with E-state index in [-0.39, 0.29) is 12.2 Å². The van der Waals surface area contributed by atoms with Gasteiger partial charge in [-0.1, -0.05) is 48.3 Å². The van der Waals surface area contributed by atoms with Gasteiger partial charge in [0.15, 0.2) is 4.80 Å². The fourth-order valence-electron chi connectivity index (χ4n) is 3.89. The van der Waals surface area contributed by atoms with E-state index in [1.165, 1.54) is 11.3 Å². The Hall–Kier alpha value is -3.91. The van der Waals surface area contributed by atoms with E-state index in [0.717, 1.165) is 11.1 Å². The minimum absolute atomic E-state index is 0.219. The number of allylic oxidation sites excluding steroid dienone is 1. The summed E-state index contributed by atoms with van der Waals surface area (Å²) in [7, 11) is 1.60. The van der Waals surface area contributed by atoms with Gasteiger partial charge in [0.05, 0.1) is 35.6 Å². The van der Waals surface area contributed by atoms with Crippen LogP contribution >= 0.6 is 11.3 Å². The van der Waals surface area contributed by atoms with E-state index >= 15 is 0 Å². The zero-order valence-corrected chi connectivity index (χ0v) is 20.6. The number of ether oxygens (including phenoxy) is 3.